The number of carbonyl (C=O) groups is 1. The fourth-order valence-electron chi connectivity index (χ4n) is 6.36. The lowest BCUT2D eigenvalue weighted by molar-refractivity contribution is -0.0139. The number of hydrogen-bond acceptors (Lipinski definition) is 8. The van der Waals surface area contributed by atoms with Gasteiger partial charge in [-0.2, -0.15) is 4.98 Å². The normalized spacial score (nSPS) is 26.4. The first-order chi connectivity index (χ1) is 18.4. The number of nitrogens with one attached hydrogen (secondary N) is 1. The highest BCUT2D eigenvalue weighted by Gasteiger charge is 2.36. The van der Waals surface area contributed by atoms with Gasteiger partial charge in [0, 0.05) is 63.5 Å². The predicted molar refractivity (Wildman–Crippen MR) is 148 cm³/mol. The number of anilines is 2. The van der Waals surface area contributed by atoms with Gasteiger partial charge < -0.3 is 25.1 Å². The molecule has 1 aromatic carbocycles. The van der Waals surface area contributed by atoms with Crippen molar-refractivity contribution in [3.8, 4) is 0 Å². The van der Waals surface area contributed by atoms with Gasteiger partial charge >= 0.3 is 0 Å². The molecule has 4 heterocycles. The Balaban J connectivity index is 1.16. The predicted octanol–water partition coefficient (Wildman–Crippen LogP) is 2.21. The summed E-state index contributed by atoms with van der Waals surface area (Å²) in [5.74, 6) is 1.25. The smallest absolute Gasteiger partial charge is 0.272 e. The Morgan fingerprint density at radius 1 is 1.03 bits per heavy atom. The van der Waals surface area contributed by atoms with Crippen molar-refractivity contribution < 1.29 is 9.90 Å². The zero-order valence-electron chi connectivity index (χ0n) is 22.7. The summed E-state index contributed by atoms with van der Waals surface area (Å²) in [4.78, 5) is 31.9. The molecule has 3 atom stereocenters. The van der Waals surface area contributed by atoms with E-state index in [1.165, 1.54) is 17.5 Å². The summed E-state index contributed by atoms with van der Waals surface area (Å²) in [5, 5.41) is 14.7. The molecule has 38 heavy (non-hydrogen) atoms. The molecule has 3 fully saturated rings. The number of β-amino-alcohol motifs (C(OH)–C–C–N with tert-alkyl or cyclic N) is 1. The summed E-state index contributed by atoms with van der Waals surface area (Å²) in [6.45, 7) is 4.50. The zero-order chi connectivity index (χ0) is 26.2. The molecule has 2 aromatic rings. The van der Waals surface area contributed by atoms with E-state index in [9.17, 15) is 9.90 Å². The molecular weight excluding hydrogens is 478 g/mol. The van der Waals surface area contributed by atoms with Gasteiger partial charge in [-0.05, 0) is 63.7 Å². The first kappa shape index (κ1) is 25.5. The monoisotopic (exact) mass is 519 g/mol. The summed E-state index contributed by atoms with van der Waals surface area (Å²) in [6, 6.07) is 11.3. The topological polar surface area (TPSA) is 88.1 Å². The highest BCUT2D eigenvalue weighted by molar-refractivity contribution is 5.93. The summed E-state index contributed by atoms with van der Waals surface area (Å²) in [5.41, 5.74) is 3.18. The van der Waals surface area contributed by atoms with E-state index in [4.69, 9.17) is 9.97 Å². The van der Waals surface area contributed by atoms with Gasteiger partial charge in [-0.3, -0.25) is 9.69 Å². The molecule has 2 N–H and O–H groups in total. The van der Waals surface area contributed by atoms with E-state index in [0.29, 0.717) is 36.8 Å². The Morgan fingerprint density at radius 3 is 2.55 bits per heavy atom. The molecule has 1 amide bonds. The van der Waals surface area contributed by atoms with Gasteiger partial charge in [0.2, 0.25) is 5.95 Å². The highest BCUT2D eigenvalue weighted by atomic mass is 16.3. The van der Waals surface area contributed by atoms with Crippen LogP contribution in [0.1, 0.15) is 53.7 Å². The Morgan fingerprint density at radius 2 is 1.84 bits per heavy atom. The van der Waals surface area contributed by atoms with Crippen molar-refractivity contribution in [1.82, 2.24) is 24.7 Å². The maximum Gasteiger partial charge on any atom is 0.272 e. The summed E-state index contributed by atoms with van der Waals surface area (Å²) >= 11 is 0. The molecule has 2 saturated heterocycles. The van der Waals surface area contributed by atoms with Gasteiger partial charge in [0.1, 0.15) is 11.5 Å². The van der Waals surface area contributed by atoms with Crippen molar-refractivity contribution in [2.24, 2.45) is 0 Å². The molecule has 9 nitrogen and oxygen atoms in total. The Hall–Kier alpha value is -2.75. The van der Waals surface area contributed by atoms with Gasteiger partial charge in [-0.1, -0.05) is 24.3 Å². The number of fused-ring (bicyclic) bond motifs is 1. The van der Waals surface area contributed by atoms with Gasteiger partial charge in [-0.15, -0.1) is 0 Å². The molecule has 6 rings (SSSR count). The summed E-state index contributed by atoms with van der Waals surface area (Å²) in [7, 11) is 4.21. The Bertz CT molecular complexity index is 1150. The number of likely N-dealkylation sites (tertiary alicyclic amines) is 1. The molecular formula is C29H41N7O2. The van der Waals surface area contributed by atoms with Crippen LogP contribution < -0.4 is 10.2 Å². The molecule has 0 radical (unpaired) electrons. The van der Waals surface area contributed by atoms with Gasteiger partial charge in [0.15, 0.2) is 0 Å². The van der Waals surface area contributed by atoms with Crippen LogP contribution in [-0.4, -0.2) is 107 Å². The first-order valence-electron chi connectivity index (χ1n) is 14.3. The van der Waals surface area contributed by atoms with Crippen LogP contribution >= 0.6 is 0 Å². The van der Waals surface area contributed by atoms with Gasteiger partial charge in [0.05, 0.1) is 6.10 Å². The van der Waals surface area contributed by atoms with E-state index >= 15 is 0 Å². The Kier molecular flexibility index (Phi) is 7.24. The third kappa shape index (κ3) is 5.24. The number of hydrogen-bond donors (Lipinski definition) is 2. The maximum absolute atomic E-state index is 13.7. The standard InChI is InChI=1S/C29H41N7O2/c1-33(2)23-11-14-36(18-23)29-31-24(16-27(32-29)30-22-8-5-9-22)28(38)35-15-12-25(26(37)19-35)34-13-10-20-6-3-4-7-21(20)17-34/h3-4,6-7,16,22-23,25-26,37H,5,8-15,17-19H2,1-2H3,(H,30,31,32)/t23-,25+,26+/m0/s1. The van der Waals surface area contributed by atoms with Crippen LogP contribution in [-0.2, 0) is 13.0 Å². The van der Waals surface area contributed by atoms with Gasteiger partial charge in [0.25, 0.3) is 5.91 Å². The minimum Gasteiger partial charge on any atom is -0.390 e. The second-order valence-electron chi connectivity index (χ2n) is 11.7. The van der Waals surface area contributed by atoms with Crippen molar-refractivity contribution in [3.05, 3.63) is 47.2 Å². The van der Waals surface area contributed by atoms with Crippen molar-refractivity contribution in [3.63, 3.8) is 0 Å². The maximum atomic E-state index is 13.7. The number of aliphatic hydroxyl groups excluding tert-OH is 1. The van der Waals surface area contributed by atoms with E-state index in [0.717, 1.165) is 64.1 Å². The number of carbonyl (C=O) groups excluding carboxylic acids is 1. The van der Waals surface area contributed by atoms with E-state index in [-0.39, 0.29) is 11.9 Å². The van der Waals surface area contributed by atoms with Crippen molar-refractivity contribution in [1.29, 1.82) is 0 Å². The lowest BCUT2D eigenvalue weighted by Gasteiger charge is -2.43. The van der Waals surface area contributed by atoms with Crippen LogP contribution in [0.15, 0.2) is 30.3 Å². The molecule has 3 aliphatic heterocycles. The van der Waals surface area contributed by atoms with Crippen LogP contribution in [0, 0.1) is 0 Å². The molecule has 9 heteroatoms. The van der Waals surface area contributed by atoms with Crippen LogP contribution in [0.25, 0.3) is 0 Å². The molecule has 1 aliphatic carbocycles. The molecule has 4 aliphatic rings. The molecule has 0 unspecified atom stereocenters. The number of aromatic nitrogens is 2. The van der Waals surface area contributed by atoms with Crippen LogP contribution in [0.5, 0.6) is 0 Å². The van der Waals surface area contributed by atoms with E-state index in [2.05, 4.69) is 58.4 Å². The molecule has 1 aromatic heterocycles. The van der Waals surface area contributed by atoms with E-state index in [1.807, 2.05) is 6.07 Å². The molecule has 1 saturated carbocycles. The number of nitrogens with zero attached hydrogens (tertiary/aromatic N) is 6. The fraction of sp³-hybridized carbons (Fsp3) is 0.621. The third-order valence-electron chi connectivity index (χ3n) is 9.03. The van der Waals surface area contributed by atoms with Crippen LogP contribution in [0.2, 0.25) is 0 Å². The minimum atomic E-state index is -0.578. The van der Waals surface area contributed by atoms with E-state index < -0.39 is 6.10 Å². The third-order valence-corrected chi connectivity index (χ3v) is 9.03. The first-order valence-corrected chi connectivity index (χ1v) is 14.3. The molecule has 0 spiro atoms. The molecule has 204 valence electrons. The largest absolute Gasteiger partial charge is 0.390 e. The number of piperidine rings is 1. The number of benzene rings is 1. The summed E-state index contributed by atoms with van der Waals surface area (Å²) < 4.78 is 0. The van der Waals surface area contributed by atoms with Crippen LogP contribution in [0.3, 0.4) is 0 Å². The van der Waals surface area contributed by atoms with Crippen molar-refractivity contribution in [2.75, 3.05) is 57.0 Å². The average Bonchev–Trinajstić information content (AvgIpc) is 3.41. The SMILES string of the molecule is CN(C)[C@H]1CCN(c2nc(NC3CCC3)cc(C(=O)N3CC[C@@H](N4CCc5ccccc5C4)[C@H](O)C3)n2)C1. The van der Waals surface area contributed by atoms with Crippen LogP contribution in [0.4, 0.5) is 11.8 Å². The lowest BCUT2D eigenvalue weighted by Crippen LogP contribution is -2.56. The quantitative estimate of drug-likeness (QED) is 0.601. The summed E-state index contributed by atoms with van der Waals surface area (Å²) in [6.07, 6.45) is 5.75. The van der Waals surface area contributed by atoms with E-state index in [1.54, 1.807) is 4.90 Å². The number of amides is 1. The second-order valence-corrected chi connectivity index (χ2v) is 11.7. The number of rotatable bonds is 6. The zero-order valence-corrected chi connectivity index (χ0v) is 22.7. The second kappa shape index (κ2) is 10.8. The number of aliphatic hydroxyl groups is 1. The lowest BCUT2D eigenvalue weighted by atomic mass is 9.93. The minimum absolute atomic E-state index is 0.0665. The Labute approximate surface area is 225 Å². The number of likely N-dealkylation sites (N-methyl/N-ethyl adjacent to an activating group) is 1. The molecule has 0 bridgehead atoms. The highest BCUT2D eigenvalue weighted by Crippen LogP contribution is 2.28. The fourth-order valence-corrected chi connectivity index (χ4v) is 6.36. The average molecular weight is 520 g/mol. The van der Waals surface area contributed by atoms with Gasteiger partial charge in [-0.25, -0.2) is 4.98 Å². The van der Waals surface area contributed by atoms with Crippen molar-refractivity contribution in [2.45, 2.75) is 69.3 Å². The van der Waals surface area contributed by atoms with Crippen molar-refractivity contribution >= 4 is 17.7 Å².